The largest absolute Gasteiger partial charge is 0.497 e. The van der Waals surface area contributed by atoms with E-state index in [4.69, 9.17) is 4.74 Å². The van der Waals surface area contributed by atoms with Crippen LogP contribution in [0.2, 0.25) is 0 Å². The number of carbonyl (C=O) groups excluding carboxylic acids is 1. The summed E-state index contributed by atoms with van der Waals surface area (Å²) in [7, 11) is 1.67. The zero-order chi connectivity index (χ0) is 15.5. The van der Waals surface area contributed by atoms with Crippen LogP contribution < -0.4 is 10.1 Å². The third-order valence-electron chi connectivity index (χ3n) is 4.09. The Hall–Kier alpha value is -1.88. The molecule has 3 rings (SSSR count). The Kier molecular flexibility index (Phi) is 4.43. The van der Waals surface area contributed by atoms with Gasteiger partial charge in [0, 0.05) is 11.4 Å². The van der Waals surface area contributed by atoms with Crippen molar-refractivity contribution < 1.29 is 9.53 Å². The van der Waals surface area contributed by atoms with Gasteiger partial charge in [-0.3, -0.25) is 4.79 Å². The molecule has 0 unspecified atom stereocenters. The SMILES string of the molecule is COc1cccc(C[C@@H](NC(=O)c2csnc2C)C2CC2)c1. The molecule has 1 N–H and O–H groups in total. The fraction of sp³-hybridized carbons (Fsp3) is 0.412. The molecule has 1 heterocycles. The van der Waals surface area contributed by atoms with E-state index in [1.807, 2.05) is 30.5 Å². The number of rotatable bonds is 6. The molecule has 0 saturated heterocycles. The molecule has 0 bridgehead atoms. The number of carbonyl (C=O) groups is 1. The topological polar surface area (TPSA) is 51.2 Å². The van der Waals surface area contributed by atoms with Gasteiger partial charge in [0.2, 0.25) is 0 Å². The van der Waals surface area contributed by atoms with Crippen molar-refractivity contribution in [3.8, 4) is 5.75 Å². The van der Waals surface area contributed by atoms with Crippen LogP contribution in [0, 0.1) is 12.8 Å². The third kappa shape index (κ3) is 3.47. The smallest absolute Gasteiger partial charge is 0.254 e. The van der Waals surface area contributed by atoms with Crippen molar-refractivity contribution in [2.45, 2.75) is 32.2 Å². The highest BCUT2D eigenvalue weighted by Crippen LogP contribution is 2.34. The normalized spacial score (nSPS) is 15.4. The number of ether oxygens (including phenoxy) is 1. The highest BCUT2D eigenvalue weighted by atomic mass is 32.1. The minimum absolute atomic E-state index is 0.00829. The third-order valence-corrected chi connectivity index (χ3v) is 4.81. The number of hydrogen-bond donors (Lipinski definition) is 1. The summed E-state index contributed by atoms with van der Waals surface area (Å²) in [6, 6.07) is 8.24. The van der Waals surface area contributed by atoms with E-state index in [9.17, 15) is 4.79 Å². The van der Waals surface area contributed by atoms with Crippen LogP contribution in [-0.4, -0.2) is 23.4 Å². The van der Waals surface area contributed by atoms with Crippen LogP contribution in [0.4, 0.5) is 0 Å². The molecule has 2 aromatic rings. The van der Waals surface area contributed by atoms with Crippen LogP contribution in [0.15, 0.2) is 29.6 Å². The van der Waals surface area contributed by atoms with Crippen LogP contribution >= 0.6 is 11.5 Å². The summed E-state index contributed by atoms with van der Waals surface area (Å²) < 4.78 is 9.45. The Bertz CT molecular complexity index is 664. The average Bonchev–Trinajstić information content (AvgIpc) is 3.28. The summed E-state index contributed by atoms with van der Waals surface area (Å²) in [6.45, 7) is 1.87. The molecule has 22 heavy (non-hydrogen) atoms. The van der Waals surface area contributed by atoms with Crippen LogP contribution in [0.1, 0.15) is 34.5 Å². The lowest BCUT2D eigenvalue weighted by Crippen LogP contribution is -2.38. The maximum absolute atomic E-state index is 12.4. The fourth-order valence-corrected chi connectivity index (χ4v) is 3.34. The van der Waals surface area contributed by atoms with Crippen molar-refractivity contribution in [3.63, 3.8) is 0 Å². The average molecular weight is 316 g/mol. The monoisotopic (exact) mass is 316 g/mol. The number of amides is 1. The second kappa shape index (κ2) is 6.48. The Labute approximate surface area is 134 Å². The van der Waals surface area contributed by atoms with Crippen molar-refractivity contribution in [1.29, 1.82) is 0 Å². The number of hydrogen-bond acceptors (Lipinski definition) is 4. The highest BCUT2D eigenvalue weighted by molar-refractivity contribution is 7.03. The van der Waals surface area contributed by atoms with E-state index < -0.39 is 0 Å². The van der Waals surface area contributed by atoms with Gasteiger partial charge in [-0.2, -0.15) is 4.37 Å². The van der Waals surface area contributed by atoms with Crippen molar-refractivity contribution >= 4 is 17.4 Å². The van der Waals surface area contributed by atoms with Gasteiger partial charge in [0.1, 0.15) is 5.75 Å². The van der Waals surface area contributed by atoms with E-state index in [-0.39, 0.29) is 11.9 Å². The molecule has 1 atom stereocenters. The molecular weight excluding hydrogens is 296 g/mol. The number of nitrogens with zero attached hydrogens (tertiary/aromatic N) is 1. The highest BCUT2D eigenvalue weighted by Gasteiger charge is 2.32. The molecule has 1 amide bonds. The minimum Gasteiger partial charge on any atom is -0.497 e. The van der Waals surface area contributed by atoms with Gasteiger partial charge in [-0.15, -0.1) is 0 Å². The van der Waals surface area contributed by atoms with Crippen molar-refractivity contribution in [1.82, 2.24) is 9.69 Å². The van der Waals surface area contributed by atoms with Gasteiger partial charge in [0.25, 0.3) is 5.91 Å². The predicted octanol–water partition coefficient (Wildman–Crippen LogP) is 3.21. The van der Waals surface area contributed by atoms with E-state index >= 15 is 0 Å². The molecule has 1 aromatic carbocycles. The number of nitrogens with one attached hydrogen (secondary N) is 1. The van der Waals surface area contributed by atoms with Crippen molar-refractivity contribution in [2.75, 3.05) is 7.11 Å². The maximum Gasteiger partial charge on any atom is 0.254 e. The lowest BCUT2D eigenvalue weighted by molar-refractivity contribution is 0.0931. The first-order valence-corrected chi connectivity index (χ1v) is 8.36. The zero-order valence-electron chi connectivity index (χ0n) is 12.8. The molecule has 1 aliphatic carbocycles. The molecule has 5 heteroatoms. The lowest BCUT2D eigenvalue weighted by Gasteiger charge is -2.18. The van der Waals surface area contributed by atoms with Gasteiger partial charge >= 0.3 is 0 Å². The Balaban J connectivity index is 1.70. The lowest BCUT2D eigenvalue weighted by atomic mass is 10.0. The molecule has 0 spiro atoms. The molecule has 0 radical (unpaired) electrons. The van der Waals surface area contributed by atoms with Crippen LogP contribution in [0.5, 0.6) is 5.75 Å². The van der Waals surface area contributed by atoms with E-state index in [0.29, 0.717) is 11.5 Å². The van der Waals surface area contributed by atoms with Crippen LogP contribution in [0.3, 0.4) is 0 Å². The van der Waals surface area contributed by atoms with Gasteiger partial charge in [-0.1, -0.05) is 12.1 Å². The first-order chi connectivity index (χ1) is 10.7. The second-order valence-electron chi connectivity index (χ2n) is 5.79. The van der Waals surface area contributed by atoms with Crippen molar-refractivity contribution in [3.05, 3.63) is 46.5 Å². The number of aromatic nitrogens is 1. The van der Waals surface area contributed by atoms with E-state index in [0.717, 1.165) is 17.9 Å². The van der Waals surface area contributed by atoms with E-state index in [2.05, 4.69) is 15.8 Å². The number of methoxy groups -OCH3 is 1. The molecule has 1 aliphatic rings. The minimum atomic E-state index is -0.00829. The quantitative estimate of drug-likeness (QED) is 0.890. The Morgan fingerprint density at radius 1 is 1.50 bits per heavy atom. The molecule has 4 nitrogen and oxygen atoms in total. The second-order valence-corrected chi connectivity index (χ2v) is 6.42. The van der Waals surface area contributed by atoms with Crippen LogP contribution in [0.25, 0.3) is 0 Å². The summed E-state index contributed by atoms with van der Waals surface area (Å²) in [5.74, 6) is 1.43. The predicted molar refractivity (Wildman–Crippen MR) is 87.5 cm³/mol. The summed E-state index contributed by atoms with van der Waals surface area (Å²) in [6.07, 6.45) is 3.22. The molecule has 0 aliphatic heterocycles. The standard InChI is InChI=1S/C17H20N2O2S/c1-11-15(10-22-19-11)17(20)18-16(13-6-7-13)9-12-4-3-5-14(8-12)21-2/h3-5,8,10,13,16H,6-7,9H2,1-2H3,(H,18,20)/t16-/m1/s1. The number of benzene rings is 1. The van der Waals surface area contributed by atoms with E-state index in [1.54, 1.807) is 7.11 Å². The van der Waals surface area contributed by atoms with E-state index in [1.165, 1.54) is 29.9 Å². The summed E-state index contributed by atoms with van der Waals surface area (Å²) in [5.41, 5.74) is 2.69. The first-order valence-electron chi connectivity index (χ1n) is 7.52. The Morgan fingerprint density at radius 3 is 2.95 bits per heavy atom. The summed E-state index contributed by atoms with van der Waals surface area (Å²) >= 11 is 1.33. The van der Waals surface area contributed by atoms with Gasteiger partial charge in [0.05, 0.1) is 18.4 Å². The molecule has 1 saturated carbocycles. The molecule has 1 aromatic heterocycles. The maximum atomic E-state index is 12.4. The Morgan fingerprint density at radius 2 is 2.32 bits per heavy atom. The van der Waals surface area contributed by atoms with Crippen LogP contribution in [-0.2, 0) is 6.42 Å². The first kappa shape index (κ1) is 15.0. The molecule has 1 fully saturated rings. The number of aryl methyl sites for hydroxylation is 1. The van der Waals surface area contributed by atoms with Gasteiger partial charge in [-0.05, 0) is 61.3 Å². The summed E-state index contributed by atoms with van der Waals surface area (Å²) in [5, 5.41) is 5.01. The summed E-state index contributed by atoms with van der Waals surface area (Å²) in [4.78, 5) is 12.4. The van der Waals surface area contributed by atoms with Gasteiger partial charge < -0.3 is 10.1 Å². The van der Waals surface area contributed by atoms with Gasteiger partial charge in [0.15, 0.2) is 0 Å². The van der Waals surface area contributed by atoms with Crippen molar-refractivity contribution in [2.24, 2.45) is 5.92 Å². The molecule has 116 valence electrons. The zero-order valence-corrected chi connectivity index (χ0v) is 13.7. The molecular formula is C17H20N2O2S. The fourth-order valence-electron chi connectivity index (χ4n) is 2.64. The van der Waals surface area contributed by atoms with Gasteiger partial charge in [-0.25, -0.2) is 0 Å².